The van der Waals surface area contributed by atoms with Crippen molar-refractivity contribution >= 4 is 45.5 Å². The second-order valence-electron chi connectivity index (χ2n) is 0.750. The third-order valence-electron chi connectivity index (χ3n) is 0. The molecule has 0 aromatic rings. The standard InChI is InChI=1S/9O.Sr.3Ti.Zr/q;;;6*-1;+2;;;;+4. The smallest absolute Gasteiger partial charge is 2.00 e. The maximum absolute atomic E-state index is 8.58. The summed E-state index contributed by atoms with van der Waals surface area (Å²) in [5.41, 5.74) is 0. The summed E-state index contributed by atoms with van der Waals surface area (Å²) in [7, 11) is 0. The van der Waals surface area contributed by atoms with Crippen LogP contribution in [0.1, 0.15) is 0 Å². The van der Waals surface area contributed by atoms with Gasteiger partial charge in [0, 0.05) is 0 Å². The fourth-order valence-corrected chi connectivity index (χ4v) is 0. The van der Waals surface area contributed by atoms with E-state index in [2.05, 4.69) is 0 Å². The Hall–Kier alpha value is 3.67. The van der Waals surface area contributed by atoms with E-state index in [0.717, 1.165) is 0 Å². The van der Waals surface area contributed by atoms with Crippen LogP contribution in [0, 0.1) is 0 Å². The molecule has 0 aliphatic rings. The van der Waals surface area contributed by atoms with Crippen molar-refractivity contribution in [3.8, 4) is 0 Å². The van der Waals surface area contributed by atoms with E-state index in [1.54, 1.807) is 0 Å². The fourth-order valence-electron chi connectivity index (χ4n) is 0. The molecule has 0 fully saturated rings. The van der Waals surface area contributed by atoms with Gasteiger partial charge in [-0.15, -0.1) is 0 Å². The quantitative estimate of drug-likeness (QED) is 0.312. The van der Waals surface area contributed by atoms with Crippen LogP contribution in [-0.4, -0.2) is 45.5 Å². The van der Waals surface area contributed by atoms with Gasteiger partial charge < -0.3 is 0 Å². The molecule has 0 radical (unpaired) electrons. The van der Waals surface area contributed by atoms with E-state index >= 15 is 0 Å². The van der Waals surface area contributed by atoms with E-state index in [0.29, 0.717) is 0 Å². The molecule has 0 unspecified atom stereocenters. The van der Waals surface area contributed by atoms with E-state index in [-0.39, 0.29) is 71.7 Å². The Labute approximate surface area is 156 Å². The Morgan fingerprint density at radius 2 is 0.571 bits per heavy atom. The van der Waals surface area contributed by atoms with Gasteiger partial charge in [-0.05, 0) is 0 Å². The van der Waals surface area contributed by atoms with Crippen molar-refractivity contribution in [2.45, 2.75) is 0 Å². The molecule has 14 heteroatoms. The Bertz CT molecular complexity index is 118. The molecular weight excluding hydrogens is 466 g/mol. The van der Waals surface area contributed by atoms with Gasteiger partial charge in [0.05, 0.1) is 0 Å². The third kappa shape index (κ3) is 251. The molecule has 0 bridgehead atoms. The van der Waals surface area contributed by atoms with E-state index in [1.165, 1.54) is 0 Å². The molecule has 0 heterocycles. The summed E-state index contributed by atoms with van der Waals surface area (Å²) in [5.74, 6) is 0. The molecule has 0 N–H and O–H groups in total. The molecule has 0 saturated carbocycles. The molecule has 0 aliphatic carbocycles. The molecule has 0 saturated heterocycles. The molecule has 0 rings (SSSR count). The Morgan fingerprint density at radius 1 is 0.571 bits per heavy atom. The first-order valence-electron chi connectivity index (χ1n) is 1.84. The van der Waals surface area contributed by atoms with Crippen LogP contribution in [0.5, 0.6) is 0 Å². The second kappa shape index (κ2) is 25.5. The predicted octanol–water partition coefficient (Wildman–Crippen LogP) is -7.88. The largest absolute Gasteiger partial charge is 4.00 e. The summed E-state index contributed by atoms with van der Waals surface area (Å²) < 4.78 is 77.2. The van der Waals surface area contributed by atoms with E-state index in [4.69, 9.17) is 32.1 Å². The molecule has 0 aromatic carbocycles. The van der Waals surface area contributed by atoms with Gasteiger partial charge in [-0.3, -0.25) is 0 Å². The minimum Gasteiger partial charge on any atom is 2.00 e. The first kappa shape index (κ1) is 30.6. The summed E-state index contributed by atoms with van der Waals surface area (Å²) in [4.78, 5) is 0. The average Bonchev–Trinajstić information content (AvgIpc) is 1.54. The monoisotopic (exact) mass is 466 g/mol. The van der Waals surface area contributed by atoms with Crippen molar-refractivity contribution < 1.29 is 114 Å². The molecule has 0 aliphatic heterocycles. The van der Waals surface area contributed by atoms with Gasteiger partial charge in [0.25, 0.3) is 0 Å². The van der Waals surface area contributed by atoms with Crippen LogP contribution >= 0.6 is 0 Å². The zero-order valence-electron chi connectivity index (χ0n) is 6.38. The molecule has 0 atom stereocenters. The van der Waals surface area contributed by atoms with Crippen molar-refractivity contribution in [2.24, 2.45) is 0 Å². The molecule has 0 amide bonds. The zero-order valence-corrected chi connectivity index (χ0v) is 17.0. The van der Waals surface area contributed by atoms with E-state index in [1.807, 2.05) is 0 Å². The minimum atomic E-state index is -4.08. The van der Waals surface area contributed by atoms with Crippen LogP contribution in [0.2, 0.25) is 0 Å². The SMILES string of the molecule is [O]=[Ti]([O-])[O-].[O]=[Ti]([O-])[O-].[O]=[Ti]([O-])[O-].[Sr+2].[Zr+4]. The van der Waals surface area contributed by atoms with Gasteiger partial charge in [-0.2, -0.15) is 0 Å². The fraction of sp³-hybridized carbons (Fsp3) is 0. The Morgan fingerprint density at radius 3 is 0.571 bits per heavy atom. The van der Waals surface area contributed by atoms with E-state index in [9.17, 15) is 0 Å². The third-order valence-corrected chi connectivity index (χ3v) is 0. The van der Waals surface area contributed by atoms with Crippen LogP contribution in [0.25, 0.3) is 0 Å². The van der Waals surface area contributed by atoms with Gasteiger partial charge in [-0.1, -0.05) is 0 Å². The summed E-state index contributed by atoms with van der Waals surface area (Å²) in [6.45, 7) is 0. The van der Waals surface area contributed by atoms with Gasteiger partial charge in [0.1, 0.15) is 0 Å². The van der Waals surface area contributed by atoms with Crippen molar-refractivity contribution in [1.82, 2.24) is 0 Å². The van der Waals surface area contributed by atoms with Crippen LogP contribution in [-0.2, 0) is 92.0 Å². The van der Waals surface area contributed by atoms with Crippen LogP contribution in [0.4, 0.5) is 0 Å². The number of hydrogen-bond donors (Lipinski definition) is 0. The summed E-state index contributed by atoms with van der Waals surface area (Å²) in [6.07, 6.45) is 0. The summed E-state index contributed by atoms with van der Waals surface area (Å²) in [5, 5.41) is 0. The molecular formula is O9SrTi3Zr. The van der Waals surface area contributed by atoms with Crippen molar-refractivity contribution in [1.29, 1.82) is 0 Å². The molecule has 0 spiro atoms. The zero-order chi connectivity index (χ0) is 10.7. The maximum Gasteiger partial charge on any atom is 4.00 e. The summed E-state index contributed by atoms with van der Waals surface area (Å²) >= 11 is -12.2. The normalized spacial score (nSPS) is 5.57. The molecule has 72 valence electrons. The van der Waals surface area contributed by atoms with Crippen molar-refractivity contribution in [3.05, 3.63) is 0 Å². The van der Waals surface area contributed by atoms with Gasteiger partial charge in [0.15, 0.2) is 0 Å². The van der Waals surface area contributed by atoms with Crippen LogP contribution in [0.15, 0.2) is 0 Å². The Kier molecular flexibility index (Phi) is 55.7. The van der Waals surface area contributed by atoms with E-state index < -0.39 is 55.8 Å². The topological polar surface area (TPSA) is 190 Å². The minimum absolute atomic E-state index is 0. The Balaban J connectivity index is -0.0000000270. The maximum atomic E-state index is 8.58. The average molecular weight is 466 g/mol. The number of hydrogen-bond acceptors (Lipinski definition) is 9. The predicted molar refractivity (Wildman–Crippen MR) is 7.81 cm³/mol. The first-order valence-corrected chi connectivity index (χ1v) is 7.57. The van der Waals surface area contributed by atoms with Crippen molar-refractivity contribution in [2.75, 3.05) is 0 Å². The number of rotatable bonds is 0. The van der Waals surface area contributed by atoms with Gasteiger partial charge >= 0.3 is 160 Å². The second-order valence-corrected chi connectivity index (χ2v) is 3.09. The van der Waals surface area contributed by atoms with Gasteiger partial charge in [0.2, 0.25) is 0 Å². The molecule has 0 aromatic heterocycles. The van der Waals surface area contributed by atoms with Crippen LogP contribution < -0.4 is 22.1 Å². The first-order chi connectivity index (χ1) is 5.20. The van der Waals surface area contributed by atoms with Crippen LogP contribution in [0.3, 0.4) is 0 Å². The van der Waals surface area contributed by atoms with Crippen molar-refractivity contribution in [3.63, 3.8) is 0 Å². The van der Waals surface area contributed by atoms with Gasteiger partial charge in [-0.25, -0.2) is 0 Å². The molecule has 14 heavy (non-hydrogen) atoms. The molecule has 9 nitrogen and oxygen atoms in total. The summed E-state index contributed by atoms with van der Waals surface area (Å²) in [6, 6.07) is 0.